The van der Waals surface area contributed by atoms with Crippen molar-refractivity contribution in [1.29, 1.82) is 0 Å². The van der Waals surface area contributed by atoms with Crippen molar-refractivity contribution in [2.75, 3.05) is 0 Å². The van der Waals surface area contributed by atoms with Gasteiger partial charge in [0.1, 0.15) is 17.2 Å². The zero-order valence-corrected chi connectivity index (χ0v) is 31.3. The Morgan fingerprint density at radius 3 is 1.14 bits per heavy atom. The van der Waals surface area contributed by atoms with Gasteiger partial charge in [-0.1, -0.05) is 118 Å². The van der Waals surface area contributed by atoms with Crippen molar-refractivity contribution in [1.82, 2.24) is 0 Å². The Hall–Kier alpha value is -5.13. The molecule has 6 aromatic carbocycles. The Morgan fingerprint density at radius 1 is 0.451 bits per heavy atom. The van der Waals surface area contributed by atoms with E-state index in [9.17, 15) is 8.42 Å². The van der Waals surface area contributed by atoms with E-state index in [-0.39, 0.29) is 26.7 Å². The summed E-state index contributed by atoms with van der Waals surface area (Å²) in [6.45, 7) is 15.0. The van der Waals surface area contributed by atoms with Crippen LogP contribution in [-0.2, 0) is 20.7 Å². The van der Waals surface area contributed by atoms with E-state index >= 15 is 0 Å². The molecule has 0 bridgehead atoms. The van der Waals surface area contributed by atoms with Gasteiger partial charge in [-0.25, -0.2) is 8.42 Å². The van der Waals surface area contributed by atoms with Gasteiger partial charge in [0.15, 0.2) is 0 Å². The van der Waals surface area contributed by atoms with Crippen molar-refractivity contribution >= 4 is 9.84 Å². The summed E-state index contributed by atoms with van der Waals surface area (Å²) in [6.07, 6.45) is 0.0128. The number of hydrogen-bond donors (Lipinski definition) is 0. The Bertz CT molecular complexity index is 2180. The lowest BCUT2D eigenvalue weighted by Gasteiger charge is -2.27. The average Bonchev–Trinajstić information content (AvgIpc) is 3.12. The molecule has 0 spiro atoms. The third kappa shape index (κ3) is 7.79. The maximum atomic E-state index is 13.2. The predicted molar refractivity (Wildman–Crippen MR) is 208 cm³/mol. The zero-order valence-electron chi connectivity index (χ0n) is 30.5. The summed E-state index contributed by atoms with van der Waals surface area (Å²) in [4.78, 5) is 0.419. The maximum absolute atomic E-state index is 13.2. The maximum Gasteiger partial charge on any atom is 0.206 e. The van der Waals surface area contributed by atoms with Gasteiger partial charge in [0.05, 0.1) is 15.9 Å². The fourth-order valence-electron chi connectivity index (χ4n) is 6.33. The molecule has 0 N–H and O–H groups in total. The van der Waals surface area contributed by atoms with Crippen molar-refractivity contribution in [2.24, 2.45) is 0 Å². The monoisotopic (exact) mass is 694 g/mol. The number of ether oxygens (including phenoxy) is 2. The topological polar surface area (TPSA) is 52.6 Å². The fraction of sp³-hybridized carbons (Fsp3) is 0.217. The molecule has 0 fully saturated rings. The van der Waals surface area contributed by atoms with E-state index in [2.05, 4.69) is 120 Å². The third-order valence-electron chi connectivity index (χ3n) is 9.77. The molecule has 0 aliphatic carbocycles. The van der Waals surface area contributed by atoms with Crippen molar-refractivity contribution in [3.05, 3.63) is 173 Å². The Labute approximate surface area is 303 Å². The molecular weight excluding hydrogens is 649 g/mol. The average molecular weight is 695 g/mol. The van der Waals surface area contributed by atoms with Gasteiger partial charge < -0.3 is 9.47 Å². The van der Waals surface area contributed by atoms with Gasteiger partial charge in [0.2, 0.25) is 9.84 Å². The van der Waals surface area contributed by atoms with E-state index < -0.39 is 9.84 Å². The number of benzene rings is 6. The minimum absolute atomic E-state index is 0.0128. The Morgan fingerprint density at radius 2 is 0.765 bits per heavy atom. The van der Waals surface area contributed by atoms with Crippen LogP contribution < -0.4 is 9.47 Å². The predicted octanol–water partition coefficient (Wildman–Crippen LogP) is 11.7. The quantitative estimate of drug-likeness (QED) is 0.135. The van der Waals surface area contributed by atoms with E-state index in [1.165, 1.54) is 33.4 Å². The molecule has 0 radical (unpaired) electrons. The molecule has 6 rings (SSSR count). The molecule has 0 atom stereocenters. The number of rotatable bonds is 11. The Balaban J connectivity index is 1.10. The largest absolute Gasteiger partial charge is 0.491 e. The molecule has 4 nitrogen and oxygen atoms in total. The first-order chi connectivity index (χ1) is 24.2. The molecule has 260 valence electrons. The second-order valence-corrected chi connectivity index (χ2v) is 16.5. The van der Waals surface area contributed by atoms with Crippen LogP contribution >= 0.6 is 0 Å². The summed E-state index contributed by atoms with van der Waals surface area (Å²) in [5.74, 6) is 1.87. The van der Waals surface area contributed by atoms with Crippen LogP contribution in [0.2, 0.25) is 0 Å². The highest BCUT2D eigenvalue weighted by Gasteiger charge is 2.25. The fourth-order valence-corrected chi connectivity index (χ4v) is 7.59. The molecule has 0 heterocycles. The summed E-state index contributed by atoms with van der Waals surface area (Å²) >= 11 is 0. The first-order valence-electron chi connectivity index (χ1n) is 17.4. The van der Waals surface area contributed by atoms with E-state index in [1.807, 2.05) is 26.0 Å². The van der Waals surface area contributed by atoms with E-state index in [4.69, 9.17) is 9.47 Å². The molecule has 0 saturated heterocycles. The van der Waals surface area contributed by atoms with Crippen LogP contribution in [-0.4, -0.2) is 14.5 Å². The molecule has 0 aliphatic heterocycles. The lowest BCUT2D eigenvalue weighted by atomic mass is 9.77. The summed E-state index contributed by atoms with van der Waals surface area (Å²) in [5.41, 5.74) is 8.33. The smallest absolute Gasteiger partial charge is 0.206 e. The van der Waals surface area contributed by atoms with Gasteiger partial charge in [-0.2, -0.15) is 0 Å². The SMILES string of the molecule is Cc1ccc(C(C)(C)c2ccc(-c3ccc(C(C)(C)c4ccc(Oc5ccc(S(=O)(=O)c6ccc(OC(C)C)cc6)cc5)cc4)cc3)cc2)cc1. The summed E-state index contributed by atoms with van der Waals surface area (Å²) in [5, 5.41) is 0. The number of hydrogen-bond acceptors (Lipinski definition) is 4. The van der Waals surface area contributed by atoms with Crippen LogP contribution in [0.4, 0.5) is 0 Å². The minimum atomic E-state index is -3.67. The van der Waals surface area contributed by atoms with Gasteiger partial charge in [0.25, 0.3) is 0 Å². The number of aryl methyl sites for hydroxylation is 1. The van der Waals surface area contributed by atoms with E-state index in [0.29, 0.717) is 17.2 Å². The lowest BCUT2D eigenvalue weighted by Crippen LogP contribution is -2.19. The van der Waals surface area contributed by atoms with Crippen molar-refractivity contribution < 1.29 is 17.9 Å². The van der Waals surface area contributed by atoms with Crippen LogP contribution in [0.15, 0.2) is 155 Å². The third-order valence-corrected chi connectivity index (χ3v) is 11.6. The van der Waals surface area contributed by atoms with Crippen LogP contribution in [0.1, 0.15) is 69.4 Å². The molecule has 51 heavy (non-hydrogen) atoms. The second-order valence-electron chi connectivity index (χ2n) is 14.5. The van der Waals surface area contributed by atoms with E-state index in [1.54, 1.807) is 48.5 Å². The van der Waals surface area contributed by atoms with Crippen molar-refractivity contribution in [2.45, 2.75) is 75.2 Å². The van der Waals surface area contributed by atoms with E-state index in [0.717, 1.165) is 5.56 Å². The van der Waals surface area contributed by atoms with Crippen LogP contribution in [0, 0.1) is 6.92 Å². The van der Waals surface area contributed by atoms with Crippen molar-refractivity contribution in [3.63, 3.8) is 0 Å². The highest BCUT2D eigenvalue weighted by Crippen LogP contribution is 2.36. The molecular formula is C46H46O4S. The van der Waals surface area contributed by atoms with Crippen molar-refractivity contribution in [3.8, 4) is 28.4 Å². The first-order valence-corrected chi connectivity index (χ1v) is 18.9. The lowest BCUT2D eigenvalue weighted by molar-refractivity contribution is 0.242. The summed E-state index contributed by atoms with van der Waals surface area (Å²) in [6, 6.07) is 47.7. The van der Waals surface area contributed by atoms with Crippen LogP contribution in [0.5, 0.6) is 17.2 Å². The zero-order chi connectivity index (χ0) is 36.4. The van der Waals surface area contributed by atoms with Gasteiger partial charge >= 0.3 is 0 Å². The summed E-state index contributed by atoms with van der Waals surface area (Å²) in [7, 11) is -3.67. The molecule has 0 amide bonds. The Kier molecular flexibility index (Phi) is 9.97. The second kappa shape index (κ2) is 14.2. The number of sulfone groups is 1. The highest BCUT2D eigenvalue weighted by atomic mass is 32.2. The summed E-state index contributed by atoms with van der Waals surface area (Å²) < 4.78 is 38.1. The molecule has 5 heteroatoms. The van der Waals surface area contributed by atoms with Gasteiger partial charge in [-0.05, 0) is 115 Å². The van der Waals surface area contributed by atoms with Crippen LogP contribution in [0.25, 0.3) is 11.1 Å². The first kappa shape index (κ1) is 35.7. The van der Waals surface area contributed by atoms with Gasteiger partial charge in [-0.3, -0.25) is 0 Å². The van der Waals surface area contributed by atoms with Crippen LogP contribution in [0.3, 0.4) is 0 Å². The molecule has 0 saturated carbocycles. The molecule has 0 aromatic heterocycles. The van der Waals surface area contributed by atoms with Gasteiger partial charge in [-0.15, -0.1) is 0 Å². The molecule has 0 aliphatic rings. The normalized spacial score (nSPS) is 12.2. The standard InChI is InChI=1S/C46H46O4S/c1-32(2)49-40-24-28-43(29-25-40)51(47,48)44-30-26-42(27-31-44)50-41-22-20-39(21-23-41)46(6,7)38-18-12-35(13-19-38)34-10-16-37(17-11-34)45(4,5)36-14-8-33(3)9-15-36/h8-32H,1-7H3. The highest BCUT2D eigenvalue weighted by molar-refractivity contribution is 7.91. The minimum Gasteiger partial charge on any atom is -0.491 e. The molecule has 0 unspecified atom stereocenters. The van der Waals surface area contributed by atoms with Gasteiger partial charge in [0, 0.05) is 10.8 Å². The molecule has 6 aromatic rings.